The van der Waals surface area contributed by atoms with Crippen LogP contribution in [0, 0.1) is 0 Å². The van der Waals surface area contributed by atoms with Gasteiger partial charge in [0, 0.05) is 20.3 Å². The second-order valence-corrected chi connectivity index (χ2v) is 5.92. The van der Waals surface area contributed by atoms with E-state index in [4.69, 9.17) is 0 Å². The van der Waals surface area contributed by atoms with Crippen molar-refractivity contribution in [3.05, 3.63) is 24.5 Å². The van der Waals surface area contributed by atoms with Gasteiger partial charge in [0.25, 0.3) is 0 Å². The molecule has 0 N–H and O–H groups in total. The summed E-state index contributed by atoms with van der Waals surface area (Å²) in [4.78, 5) is 0.210. The Balaban J connectivity index is 2.92. The van der Waals surface area contributed by atoms with E-state index < -0.39 is 10.0 Å². The lowest BCUT2D eigenvalue weighted by molar-refractivity contribution is 0.520. The van der Waals surface area contributed by atoms with Crippen molar-refractivity contribution in [2.45, 2.75) is 24.8 Å². The highest BCUT2D eigenvalue weighted by molar-refractivity contribution is 7.89. The van der Waals surface area contributed by atoms with Crippen molar-refractivity contribution in [2.24, 2.45) is 0 Å². The standard InChI is InChI=1S/C10H17N3O2S/c1-5-9(2)7-13-8-10(6-11-13)16(14,15)12(3)4/h6,8H,2,5,7H2,1,3-4H3. The summed E-state index contributed by atoms with van der Waals surface area (Å²) in [6.45, 7) is 6.41. The zero-order valence-electron chi connectivity index (χ0n) is 9.84. The van der Waals surface area contributed by atoms with E-state index in [-0.39, 0.29) is 4.90 Å². The quantitative estimate of drug-likeness (QED) is 0.728. The topological polar surface area (TPSA) is 55.2 Å². The van der Waals surface area contributed by atoms with E-state index in [9.17, 15) is 8.42 Å². The third-order valence-corrected chi connectivity index (χ3v) is 4.04. The molecule has 0 aromatic carbocycles. The van der Waals surface area contributed by atoms with Crippen LogP contribution in [0.2, 0.25) is 0 Å². The molecule has 0 unspecified atom stereocenters. The van der Waals surface area contributed by atoms with E-state index in [1.807, 2.05) is 6.92 Å². The van der Waals surface area contributed by atoms with Crippen molar-refractivity contribution in [3.63, 3.8) is 0 Å². The predicted octanol–water partition coefficient (Wildman–Crippen LogP) is 1.10. The molecule has 0 amide bonds. The lowest BCUT2D eigenvalue weighted by atomic mass is 10.2. The zero-order valence-corrected chi connectivity index (χ0v) is 10.7. The van der Waals surface area contributed by atoms with Gasteiger partial charge in [0.15, 0.2) is 0 Å². The number of hydrogen-bond donors (Lipinski definition) is 0. The zero-order chi connectivity index (χ0) is 12.3. The number of aromatic nitrogens is 2. The average Bonchev–Trinajstić information content (AvgIpc) is 2.66. The maximum absolute atomic E-state index is 11.8. The third-order valence-electron chi connectivity index (χ3n) is 2.27. The molecular weight excluding hydrogens is 226 g/mol. The minimum absolute atomic E-state index is 0.210. The Labute approximate surface area is 96.4 Å². The second kappa shape index (κ2) is 4.80. The highest BCUT2D eigenvalue weighted by atomic mass is 32.2. The van der Waals surface area contributed by atoms with Crippen molar-refractivity contribution in [3.8, 4) is 0 Å². The molecular formula is C10H17N3O2S. The second-order valence-electron chi connectivity index (χ2n) is 3.76. The van der Waals surface area contributed by atoms with Gasteiger partial charge in [-0.05, 0) is 6.42 Å². The molecule has 0 bridgehead atoms. The molecule has 0 spiro atoms. The summed E-state index contributed by atoms with van der Waals surface area (Å²) in [6, 6.07) is 0. The number of sulfonamides is 1. The van der Waals surface area contributed by atoms with Gasteiger partial charge in [0.2, 0.25) is 10.0 Å². The summed E-state index contributed by atoms with van der Waals surface area (Å²) >= 11 is 0. The Hall–Kier alpha value is -1.14. The van der Waals surface area contributed by atoms with Crippen LogP contribution in [0.1, 0.15) is 13.3 Å². The van der Waals surface area contributed by atoms with E-state index in [2.05, 4.69) is 11.7 Å². The smallest absolute Gasteiger partial charge is 0.245 e. The minimum atomic E-state index is -3.38. The van der Waals surface area contributed by atoms with Gasteiger partial charge in [-0.25, -0.2) is 12.7 Å². The molecule has 1 rings (SSSR count). The molecule has 0 fully saturated rings. The summed E-state index contributed by atoms with van der Waals surface area (Å²) in [6.07, 6.45) is 3.74. The summed E-state index contributed by atoms with van der Waals surface area (Å²) in [7, 11) is -0.383. The molecule has 90 valence electrons. The summed E-state index contributed by atoms with van der Waals surface area (Å²) in [5.74, 6) is 0. The van der Waals surface area contributed by atoms with Crippen LogP contribution >= 0.6 is 0 Å². The van der Waals surface area contributed by atoms with Crippen molar-refractivity contribution < 1.29 is 8.42 Å². The fraction of sp³-hybridized carbons (Fsp3) is 0.500. The molecule has 16 heavy (non-hydrogen) atoms. The van der Waals surface area contributed by atoms with E-state index in [0.29, 0.717) is 6.54 Å². The molecule has 5 nitrogen and oxygen atoms in total. The first-order chi connectivity index (χ1) is 7.37. The Kier molecular flexibility index (Phi) is 3.88. The molecule has 0 aliphatic carbocycles. The SMILES string of the molecule is C=C(CC)Cn1cc(S(=O)(=O)N(C)C)cn1. The van der Waals surface area contributed by atoms with Crippen molar-refractivity contribution in [1.82, 2.24) is 14.1 Å². The van der Waals surface area contributed by atoms with Gasteiger partial charge < -0.3 is 0 Å². The van der Waals surface area contributed by atoms with Crippen LogP contribution in [0.15, 0.2) is 29.4 Å². The Bertz CT molecular complexity index is 474. The monoisotopic (exact) mass is 243 g/mol. The number of rotatable bonds is 5. The summed E-state index contributed by atoms with van der Waals surface area (Å²) in [5.41, 5.74) is 1.01. The molecule has 0 saturated heterocycles. The van der Waals surface area contributed by atoms with E-state index in [1.54, 1.807) is 4.68 Å². The molecule has 0 aliphatic heterocycles. The maximum Gasteiger partial charge on any atom is 0.245 e. The first-order valence-corrected chi connectivity index (χ1v) is 6.43. The molecule has 0 saturated carbocycles. The van der Waals surface area contributed by atoms with Crippen LogP contribution in [0.25, 0.3) is 0 Å². The Morgan fingerprint density at radius 2 is 2.19 bits per heavy atom. The van der Waals surface area contributed by atoms with Crippen LogP contribution in [-0.4, -0.2) is 36.6 Å². The summed E-state index contributed by atoms with van der Waals surface area (Å²) < 4.78 is 26.3. The molecule has 0 atom stereocenters. The normalized spacial score (nSPS) is 12.0. The Morgan fingerprint density at radius 1 is 1.56 bits per heavy atom. The van der Waals surface area contributed by atoms with Crippen LogP contribution < -0.4 is 0 Å². The predicted molar refractivity (Wildman–Crippen MR) is 62.5 cm³/mol. The van der Waals surface area contributed by atoms with E-state index in [0.717, 1.165) is 12.0 Å². The fourth-order valence-electron chi connectivity index (χ4n) is 1.12. The average molecular weight is 243 g/mol. The molecule has 0 aliphatic rings. The molecule has 0 radical (unpaired) electrons. The molecule has 1 heterocycles. The lowest BCUT2D eigenvalue weighted by Gasteiger charge is -2.08. The van der Waals surface area contributed by atoms with Crippen LogP contribution in [0.3, 0.4) is 0 Å². The van der Waals surface area contributed by atoms with Gasteiger partial charge in [-0.3, -0.25) is 4.68 Å². The van der Waals surface area contributed by atoms with Crippen LogP contribution in [0.5, 0.6) is 0 Å². The lowest BCUT2D eigenvalue weighted by Crippen LogP contribution is -2.21. The van der Waals surface area contributed by atoms with Crippen molar-refractivity contribution in [2.75, 3.05) is 14.1 Å². The first kappa shape index (κ1) is 12.9. The van der Waals surface area contributed by atoms with Gasteiger partial charge in [-0.2, -0.15) is 5.10 Å². The third kappa shape index (κ3) is 2.70. The van der Waals surface area contributed by atoms with Crippen LogP contribution in [0.4, 0.5) is 0 Å². The number of nitrogens with zero attached hydrogens (tertiary/aromatic N) is 3. The van der Waals surface area contributed by atoms with E-state index in [1.165, 1.54) is 30.8 Å². The minimum Gasteiger partial charge on any atom is -0.267 e. The van der Waals surface area contributed by atoms with Gasteiger partial charge in [0.05, 0.1) is 12.7 Å². The van der Waals surface area contributed by atoms with Crippen molar-refractivity contribution in [1.29, 1.82) is 0 Å². The molecule has 6 heteroatoms. The van der Waals surface area contributed by atoms with Gasteiger partial charge in [0.1, 0.15) is 4.90 Å². The summed E-state index contributed by atoms with van der Waals surface area (Å²) in [5, 5.41) is 4.00. The van der Waals surface area contributed by atoms with Crippen LogP contribution in [-0.2, 0) is 16.6 Å². The highest BCUT2D eigenvalue weighted by Crippen LogP contribution is 2.12. The number of allylic oxidation sites excluding steroid dienone is 1. The number of hydrogen-bond acceptors (Lipinski definition) is 3. The first-order valence-electron chi connectivity index (χ1n) is 4.99. The molecule has 1 aromatic rings. The van der Waals surface area contributed by atoms with Gasteiger partial charge in [-0.1, -0.05) is 19.1 Å². The maximum atomic E-state index is 11.8. The highest BCUT2D eigenvalue weighted by Gasteiger charge is 2.19. The fourth-order valence-corrected chi connectivity index (χ4v) is 1.97. The van der Waals surface area contributed by atoms with E-state index >= 15 is 0 Å². The Morgan fingerprint density at radius 3 is 2.69 bits per heavy atom. The largest absolute Gasteiger partial charge is 0.267 e. The van der Waals surface area contributed by atoms with Gasteiger partial charge in [-0.15, -0.1) is 0 Å². The van der Waals surface area contributed by atoms with Gasteiger partial charge >= 0.3 is 0 Å². The van der Waals surface area contributed by atoms with Crippen molar-refractivity contribution >= 4 is 10.0 Å². The molecule has 1 aromatic heterocycles.